The fourth-order valence-corrected chi connectivity index (χ4v) is 3.23. The van der Waals surface area contributed by atoms with Crippen molar-refractivity contribution < 1.29 is 9.18 Å². The Morgan fingerprint density at radius 1 is 1.32 bits per heavy atom. The van der Waals surface area contributed by atoms with Crippen LogP contribution in [0.25, 0.3) is 0 Å². The third-order valence-corrected chi connectivity index (χ3v) is 4.53. The molecule has 2 unspecified atom stereocenters. The number of rotatable bonds is 4. The third-order valence-electron chi connectivity index (χ3n) is 4.53. The number of carbonyl (C=O) groups is 1. The molecular formula is C18H22FN5O. The standard InChI is InChI=1S/C18H22FN5O/c19-14-5-3-12(4-6-14)10-15(20)17(25)24-9-1-2-13(11-24)16-7-8-22-18(21)23-16/h3-8,13,15H,1-2,9-11,20H2,(H2,21,22,23). The zero-order valence-corrected chi connectivity index (χ0v) is 13.9. The Hall–Kier alpha value is -2.54. The van der Waals surface area contributed by atoms with Gasteiger partial charge in [0.2, 0.25) is 11.9 Å². The molecule has 1 saturated heterocycles. The maximum atomic E-state index is 13.0. The number of nitrogens with zero attached hydrogens (tertiary/aromatic N) is 3. The molecule has 132 valence electrons. The fourth-order valence-electron chi connectivity index (χ4n) is 3.23. The summed E-state index contributed by atoms with van der Waals surface area (Å²) in [6.45, 7) is 1.26. The van der Waals surface area contributed by atoms with Crippen molar-refractivity contribution in [2.75, 3.05) is 18.8 Å². The summed E-state index contributed by atoms with van der Waals surface area (Å²) in [6, 6.07) is 7.27. The van der Waals surface area contributed by atoms with Gasteiger partial charge in [-0.15, -0.1) is 0 Å². The van der Waals surface area contributed by atoms with Crippen molar-refractivity contribution in [1.82, 2.24) is 14.9 Å². The highest BCUT2D eigenvalue weighted by Gasteiger charge is 2.28. The minimum absolute atomic E-state index is 0.0870. The van der Waals surface area contributed by atoms with Gasteiger partial charge in [-0.25, -0.2) is 14.4 Å². The van der Waals surface area contributed by atoms with Crippen LogP contribution in [-0.2, 0) is 11.2 Å². The van der Waals surface area contributed by atoms with Gasteiger partial charge in [-0.3, -0.25) is 4.79 Å². The number of nitrogen functional groups attached to an aromatic ring is 1. The number of piperidine rings is 1. The Labute approximate surface area is 146 Å². The molecule has 1 aliphatic heterocycles. The van der Waals surface area contributed by atoms with Crippen molar-refractivity contribution in [2.45, 2.75) is 31.2 Å². The first-order valence-electron chi connectivity index (χ1n) is 8.40. The zero-order valence-electron chi connectivity index (χ0n) is 13.9. The lowest BCUT2D eigenvalue weighted by atomic mass is 9.93. The minimum atomic E-state index is -0.639. The number of carbonyl (C=O) groups excluding carboxylic acids is 1. The third kappa shape index (κ3) is 4.30. The second kappa shape index (κ2) is 7.57. The molecule has 1 fully saturated rings. The molecule has 7 heteroatoms. The van der Waals surface area contributed by atoms with Crippen LogP contribution in [-0.4, -0.2) is 39.9 Å². The fraction of sp³-hybridized carbons (Fsp3) is 0.389. The van der Waals surface area contributed by atoms with Crippen molar-refractivity contribution in [1.29, 1.82) is 0 Å². The van der Waals surface area contributed by atoms with Crippen LogP contribution in [0.3, 0.4) is 0 Å². The second-order valence-electron chi connectivity index (χ2n) is 6.40. The van der Waals surface area contributed by atoms with Gasteiger partial charge in [-0.05, 0) is 43.0 Å². The number of nitrogens with two attached hydrogens (primary N) is 2. The highest BCUT2D eigenvalue weighted by Crippen LogP contribution is 2.26. The highest BCUT2D eigenvalue weighted by atomic mass is 19.1. The molecule has 3 rings (SSSR count). The Morgan fingerprint density at radius 2 is 2.08 bits per heavy atom. The van der Waals surface area contributed by atoms with Crippen LogP contribution in [0, 0.1) is 5.82 Å². The van der Waals surface area contributed by atoms with E-state index in [0.717, 1.165) is 24.1 Å². The molecule has 4 N–H and O–H groups in total. The first kappa shape index (κ1) is 17.3. The van der Waals surface area contributed by atoms with Crippen LogP contribution in [0.2, 0.25) is 0 Å². The minimum Gasteiger partial charge on any atom is -0.368 e. The van der Waals surface area contributed by atoms with Crippen molar-refractivity contribution in [3.8, 4) is 0 Å². The predicted octanol–water partition coefficient (Wildman–Crippen LogP) is 1.47. The molecule has 2 heterocycles. The van der Waals surface area contributed by atoms with E-state index in [1.807, 2.05) is 6.07 Å². The molecule has 1 aromatic carbocycles. The SMILES string of the molecule is Nc1nccc(C2CCCN(C(=O)C(N)Cc3ccc(F)cc3)C2)n1. The van der Waals surface area contributed by atoms with Gasteiger partial charge in [0, 0.05) is 25.2 Å². The summed E-state index contributed by atoms with van der Waals surface area (Å²) in [6.07, 6.45) is 3.87. The molecule has 0 saturated carbocycles. The summed E-state index contributed by atoms with van der Waals surface area (Å²) in [4.78, 5) is 22.7. The lowest BCUT2D eigenvalue weighted by molar-refractivity contribution is -0.133. The van der Waals surface area contributed by atoms with E-state index in [9.17, 15) is 9.18 Å². The van der Waals surface area contributed by atoms with Crippen LogP contribution in [0.5, 0.6) is 0 Å². The molecule has 1 aliphatic rings. The van der Waals surface area contributed by atoms with E-state index in [2.05, 4.69) is 9.97 Å². The molecule has 0 bridgehead atoms. The average Bonchev–Trinajstić information content (AvgIpc) is 2.63. The van der Waals surface area contributed by atoms with E-state index < -0.39 is 6.04 Å². The molecule has 1 aromatic heterocycles. The van der Waals surface area contributed by atoms with Gasteiger partial charge >= 0.3 is 0 Å². The van der Waals surface area contributed by atoms with Crippen LogP contribution in [0.1, 0.15) is 30.0 Å². The maximum absolute atomic E-state index is 13.0. The number of halogens is 1. The maximum Gasteiger partial charge on any atom is 0.239 e. The summed E-state index contributed by atoms with van der Waals surface area (Å²) in [5, 5.41) is 0. The Kier molecular flexibility index (Phi) is 5.23. The quantitative estimate of drug-likeness (QED) is 0.876. The van der Waals surface area contributed by atoms with Gasteiger partial charge in [-0.2, -0.15) is 0 Å². The number of anilines is 1. The summed E-state index contributed by atoms with van der Waals surface area (Å²) >= 11 is 0. The topological polar surface area (TPSA) is 98.1 Å². The molecular weight excluding hydrogens is 321 g/mol. The Balaban J connectivity index is 1.64. The van der Waals surface area contributed by atoms with Gasteiger partial charge in [0.05, 0.1) is 11.7 Å². The number of likely N-dealkylation sites (tertiary alicyclic amines) is 1. The zero-order chi connectivity index (χ0) is 17.8. The van der Waals surface area contributed by atoms with Crippen molar-refractivity contribution >= 4 is 11.9 Å². The Morgan fingerprint density at radius 3 is 2.80 bits per heavy atom. The summed E-state index contributed by atoms with van der Waals surface area (Å²) < 4.78 is 13.0. The lowest BCUT2D eigenvalue weighted by Gasteiger charge is -2.34. The van der Waals surface area contributed by atoms with Gasteiger partial charge in [0.1, 0.15) is 5.82 Å². The van der Waals surface area contributed by atoms with Gasteiger partial charge in [-0.1, -0.05) is 12.1 Å². The number of benzene rings is 1. The summed E-state index contributed by atoms with van der Waals surface area (Å²) in [5.41, 5.74) is 13.5. The van der Waals surface area contributed by atoms with Crippen LogP contribution in [0.4, 0.5) is 10.3 Å². The largest absolute Gasteiger partial charge is 0.368 e. The molecule has 0 spiro atoms. The van der Waals surface area contributed by atoms with Crippen molar-refractivity contribution in [2.24, 2.45) is 5.73 Å². The first-order valence-corrected chi connectivity index (χ1v) is 8.40. The molecule has 0 radical (unpaired) electrons. The van der Waals surface area contributed by atoms with Crippen LogP contribution < -0.4 is 11.5 Å². The summed E-state index contributed by atoms with van der Waals surface area (Å²) in [7, 11) is 0. The average molecular weight is 343 g/mol. The normalized spacial score (nSPS) is 18.8. The van der Waals surface area contributed by atoms with Gasteiger partial charge < -0.3 is 16.4 Å². The van der Waals surface area contributed by atoms with Crippen LogP contribution >= 0.6 is 0 Å². The van der Waals surface area contributed by atoms with E-state index in [-0.39, 0.29) is 23.6 Å². The first-order chi connectivity index (χ1) is 12.0. The van der Waals surface area contributed by atoms with Crippen molar-refractivity contribution in [3.05, 3.63) is 53.6 Å². The second-order valence-corrected chi connectivity index (χ2v) is 6.40. The van der Waals surface area contributed by atoms with Crippen molar-refractivity contribution in [3.63, 3.8) is 0 Å². The van der Waals surface area contributed by atoms with E-state index in [0.29, 0.717) is 19.5 Å². The highest BCUT2D eigenvalue weighted by molar-refractivity contribution is 5.82. The monoisotopic (exact) mass is 343 g/mol. The van der Waals surface area contributed by atoms with Crippen LogP contribution in [0.15, 0.2) is 36.5 Å². The lowest BCUT2D eigenvalue weighted by Crippen LogP contribution is -2.48. The number of aromatic nitrogens is 2. The molecule has 2 aromatic rings. The van der Waals surface area contributed by atoms with E-state index in [1.165, 1.54) is 12.1 Å². The molecule has 2 atom stereocenters. The number of hydrogen-bond acceptors (Lipinski definition) is 5. The molecule has 0 aliphatic carbocycles. The molecule has 1 amide bonds. The molecule has 6 nitrogen and oxygen atoms in total. The van der Waals surface area contributed by atoms with E-state index in [4.69, 9.17) is 11.5 Å². The smallest absolute Gasteiger partial charge is 0.239 e. The van der Waals surface area contributed by atoms with Gasteiger partial charge in [0.15, 0.2) is 0 Å². The summed E-state index contributed by atoms with van der Waals surface area (Å²) in [5.74, 6) is -0.00215. The Bertz CT molecular complexity index is 737. The number of hydrogen-bond donors (Lipinski definition) is 2. The van der Waals surface area contributed by atoms with E-state index in [1.54, 1.807) is 23.2 Å². The number of amides is 1. The predicted molar refractivity (Wildman–Crippen MR) is 93.1 cm³/mol. The molecule has 25 heavy (non-hydrogen) atoms. The van der Waals surface area contributed by atoms with E-state index >= 15 is 0 Å². The van der Waals surface area contributed by atoms with Gasteiger partial charge in [0.25, 0.3) is 0 Å².